The molecule has 88 valence electrons. The van der Waals surface area contributed by atoms with Crippen molar-refractivity contribution in [2.75, 3.05) is 0 Å². The molecule has 0 unspecified atom stereocenters. The number of carboxylic acids is 1. The second kappa shape index (κ2) is 3.55. The summed E-state index contributed by atoms with van der Waals surface area (Å²) < 4.78 is 5.16. The lowest BCUT2D eigenvalue weighted by Gasteiger charge is -2.01. The fourth-order valence-corrected chi connectivity index (χ4v) is 2.01. The van der Waals surface area contributed by atoms with Gasteiger partial charge in [0, 0.05) is 11.6 Å². The van der Waals surface area contributed by atoms with Crippen LogP contribution < -0.4 is 0 Å². The van der Waals surface area contributed by atoms with Crippen LogP contribution in [0, 0.1) is 0 Å². The molecule has 1 aliphatic rings. The van der Waals surface area contributed by atoms with Crippen molar-refractivity contribution in [1.29, 1.82) is 0 Å². The molecule has 1 fully saturated rings. The van der Waals surface area contributed by atoms with Crippen LogP contribution in [0.2, 0.25) is 0 Å². The van der Waals surface area contributed by atoms with E-state index in [0.29, 0.717) is 29.1 Å². The van der Waals surface area contributed by atoms with Crippen molar-refractivity contribution in [2.45, 2.75) is 32.1 Å². The smallest absolute Gasteiger partial charge is 0.336 e. The van der Waals surface area contributed by atoms with E-state index >= 15 is 0 Å². The first-order chi connectivity index (χ1) is 8.20. The van der Waals surface area contributed by atoms with Gasteiger partial charge in [0.05, 0.1) is 16.6 Å². The van der Waals surface area contributed by atoms with E-state index in [1.807, 2.05) is 6.92 Å². The Labute approximate surface area is 97.4 Å². The van der Waals surface area contributed by atoms with Crippen LogP contribution in [0.1, 0.15) is 47.4 Å². The minimum atomic E-state index is -0.947. The van der Waals surface area contributed by atoms with Gasteiger partial charge in [-0.25, -0.2) is 9.78 Å². The Morgan fingerprint density at radius 2 is 2.35 bits per heavy atom. The molecule has 0 bridgehead atoms. The highest BCUT2D eigenvalue weighted by Crippen LogP contribution is 2.43. The highest BCUT2D eigenvalue weighted by Gasteiger charge is 2.31. The molecule has 0 spiro atoms. The molecule has 1 aliphatic carbocycles. The number of rotatable bonds is 3. The number of nitrogens with zero attached hydrogens (tertiary/aromatic N) is 2. The average Bonchev–Trinajstić information content (AvgIpc) is 3.07. The lowest BCUT2D eigenvalue weighted by molar-refractivity contribution is 0.0698. The van der Waals surface area contributed by atoms with Crippen LogP contribution in [-0.2, 0) is 6.42 Å². The predicted octanol–water partition coefficient (Wildman–Crippen LogP) is 2.36. The number of hydrogen-bond acceptors (Lipinski definition) is 4. The minimum absolute atomic E-state index is 0.259. The van der Waals surface area contributed by atoms with Gasteiger partial charge in [0.2, 0.25) is 0 Å². The van der Waals surface area contributed by atoms with Crippen LogP contribution in [0.25, 0.3) is 11.1 Å². The molecule has 2 aromatic rings. The van der Waals surface area contributed by atoms with Crippen molar-refractivity contribution < 1.29 is 14.4 Å². The molecular weight excluding hydrogens is 220 g/mol. The van der Waals surface area contributed by atoms with Gasteiger partial charge in [0.1, 0.15) is 0 Å². The molecule has 0 amide bonds. The predicted molar refractivity (Wildman–Crippen MR) is 60.1 cm³/mol. The second-order valence-corrected chi connectivity index (χ2v) is 4.34. The fourth-order valence-electron chi connectivity index (χ4n) is 2.01. The van der Waals surface area contributed by atoms with Gasteiger partial charge in [-0.05, 0) is 25.3 Å². The van der Waals surface area contributed by atoms with E-state index in [2.05, 4.69) is 10.1 Å². The molecule has 5 heteroatoms. The maximum Gasteiger partial charge on any atom is 0.336 e. The van der Waals surface area contributed by atoms with Crippen molar-refractivity contribution >= 4 is 17.1 Å². The molecule has 17 heavy (non-hydrogen) atoms. The maximum absolute atomic E-state index is 11.3. The topological polar surface area (TPSA) is 76.2 Å². The van der Waals surface area contributed by atoms with E-state index in [1.54, 1.807) is 6.07 Å². The largest absolute Gasteiger partial charge is 0.478 e. The number of hydrogen-bond donors (Lipinski definition) is 1. The summed E-state index contributed by atoms with van der Waals surface area (Å²) in [6, 6.07) is 1.62. The summed E-state index contributed by atoms with van der Waals surface area (Å²) in [7, 11) is 0. The fraction of sp³-hybridized carbons (Fsp3) is 0.417. The third kappa shape index (κ3) is 1.58. The van der Waals surface area contributed by atoms with Crippen LogP contribution >= 0.6 is 0 Å². The first-order valence-electron chi connectivity index (χ1n) is 5.73. The number of aromatic nitrogens is 2. The summed E-state index contributed by atoms with van der Waals surface area (Å²) in [6.07, 6.45) is 2.78. The van der Waals surface area contributed by atoms with E-state index < -0.39 is 5.97 Å². The van der Waals surface area contributed by atoms with Gasteiger partial charge in [-0.1, -0.05) is 12.1 Å². The zero-order chi connectivity index (χ0) is 12.0. The Kier molecular flexibility index (Phi) is 2.14. The van der Waals surface area contributed by atoms with Crippen molar-refractivity contribution in [3.8, 4) is 0 Å². The van der Waals surface area contributed by atoms with Gasteiger partial charge in [-0.2, -0.15) is 0 Å². The highest BCUT2D eigenvalue weighted by molar-refractivity contribution is 6.02. The standard InChI is InChI=1S/C12H12N2O3/c1-2-7-5-8(12(15)16)9-10(6-3-4-6)14-17-11(9)13-7/h5-6H,2-4H2,1H3,(H,15,16). The molecule has 2 heterocycles. The molecule has 0 radical (unpaired) electrons. The summed E-state index contributed by atoms with van der Waals surface area (Å²) in [5.41, 5.74) is 2.08. The van der Waals surface area contributed by atoms with E-state index in [9.17, 15) is 9.90 Å². The summed E-state index contributed by atoms with van der Waals surface area (Å²) in [4.78, 5) is 15.6. The zero-order valence-electron chi connectivity index (χ0n) is 9.43. The molecule has 1 saturated carbocycles. The second-order valence-electron chi connectivity index (χ2n) is 4.34. The lowest BCUT2D eigenvalue weighted by atomic mass is 10.1. The van der Waals surface area contributed by atoms with E-state index in [1.165, 1.54) is 0 Å². The van der Waals surface area contributed by atoms with Gasteiger partial charge >= 0.3 is 5.97 Å². The molecule has 5 nitrogen and oxygen atoms in total. The molecule has 0 saturated heterocycles. The number of aromatic carboxylic acids is 1. The van der Waals surface area contributed by atoms with Crippen LogP contribution in [0.5, 0.6) is 0 Å². The molecule has 0 atom stereocenters. The Morgan fingerprint density at radius 3 is 2.94 bits per heavy atom. The van der Waals surface area contributed by atoms with Crippen molar-refractivity contribution in [3.05, 3.63) is 23.0 Å². The van der Waals surface area contributed by atoms with Gasteiger partial charge in [-0.15, -0.1) is 0 Å². The van der Waals surface area contributed by atoms with Crippen LogP contribution in [-0.4, -0.2) is 21.2 Å². The molecule has 0 aliphatic heterocycles. The summed E-state index contributed by atoms with van der Waals surface area (Å²) in [5.74, 6) is -0.596. The number of aryl methyl sites for hydroxylation is 1. The van der Waals surface area contributed by atoms with Crippen LogP contribution in [0.3, 0.4) is 0 Å². The third-order valence-electron chi connectivity index (χ3n) is 3.08. The van der Waals surface area contributed by atoms with Gasteiger partial charge in [-0.3, -0.25) is 0 Å². The van der Waals surface area contributed by atoms with Gasteiger partial charge in [0.15, 0.2) is 0 Å². The quantitative estimate of drug-likeness (QED) is 0.879. The van der Waals surface area contributed by atoms with Crippen molar-refractivity contribution in [3.63, 3.8) is 0 Å². The Morgan fingerprint density at radius 1 is 1.59 bits per heavy atom. The molecule has 0 aromatic carbocycles. The zero-order valence-corrected chi connectivity index (χ0v) is 9.43. The van der Waals surface area contributed by atoms with Crippen LogP contribution in [0.4, 0.5) is 0 Å². The normalized spacial score (nSPS) is 15.4. The maximum atomic E-state index is 11.3. The van der Waals surface area contributed by atoms with Crippen molar-refractivity contribution in [1.82, 2.24) is 10.1 Å². The highest BCUT2D eigenvalue weighted by atomic mass is 16.5. The molecule has 3 rings (SSSR count). The van der Waals surface area contributed by atoms with E-state index in [4.69, 9.17) is 4.52 Å². The van der Waals surface area contributed by atoms with Crippen molar-refractivity contribution in [2.24, 2.45) is 0 Å². The van der Waals surface area contributed by atoms with E-state index in [-0.39, 0.29) is 5.56 Å². The molecule has 1 N–H and O–H groups in total. The Bertz CT molecular complexity index is 599. The Balaban J connectivity index is 2.30. The van der Waals surface area contributed by atoms with Crippen LogP contribution in [0.15, 0.2) is 10.6 Å². The third-order valence-corrected chi connectivity index (χ3v) is 3.08. The Hall–Kier alpha value is -1.91. The molecular formula is C12H12N2O3. The summed E-state index contributed by atoms with van der Waals surface area (Å²) in [6.45, 7) is 1.93. The average molecular weight is 232 g/mol. The minimum Gasteiger partial charge on any atom is -0.478 e. The SMILES string of the molecule is CCc1cc(C(=O)O)c2c(C3CC3)noc2n1. The number of fused-ring (bicyclic) bond motifs is 1. The lowest BCUT2D eigenvalue weighted by Crippen LogP contribution is -2.01. The summed E-state index contributed by atoms with van der Waals surface area (Å²) in [5, 5.41) is 13.8. The number of carbonyl (C=O) groups is 1. The number of pyridine rings is 1. The van der Waals surface area contributed by atoms with Gasteiger partial charge < -0.3 is 9.63 Å². The van der Waals surface area contributed by atoms with Gasteiger partial charge in [0.25, 0.3) is 5.71 Å². The monoisotopic (exact) mass is 232 g/mol. The molecule has 2 aromatic heterocycles. The first kappa shape index (κ1) is 10.3. The number of carboxylic acid groups (broad SMARTS) is 1. The summed E-state index contributed by atoms with van der Waals surface area (Å²) >= 11 is 0. The first-order valence-corrected chi connectivity index (χ1v) is 5.73. The van der Waals surface area contributed by atoms with E-state index in [0.717, 1.165) is 18.5 Å².